The number of carbonyl (C=O) groups is 1. The molecule has 1 saturated carbocycles. The van der Waals surface area contributed by atoms with Gasteiger partial charge in [-0.3, -0.25) is 4.79 Å². The van der Waals surface area contributed by atoms with Gasteiger partial charge in [0.05, 0.1) is 17.1 Å². The van der Waals surface area contributed by atoms with Crippen LogP contribution in [0.1, 0.15) is 74.5 Å². The molecule has 1 unspecified atom stereocenters. The second-order valence-corrected chi connectivity index (χ2v) is 6.88. The first-order chi connectivity index (χ1) is 11.5. The van der Waals surface area contributed by atoms with Gasteiger partial charge >= 0.3 is 0 Å². The second kappa shape index (κ2) is 6.89. The summed E-state index contributed by atoms with van der Waals surface area (Å²) < 4.78 is 1.88. The lowest BCUT2D eigenvalue weighted by atomic mass is 10.1. The predicted octanol–water partition coefficient (Wildman–Crippen LogP) is 2.78. The fraction of sp³-hybridized carbons (Fsp3) is 0.611. The van der Waals surface area contributed by atoms with Crippen LogP contribution >= 0.6 is 0 Å². The van der Waals surface area contributed by atoms with Crippen LogP contribution in [0.2, 0.25) is 0 Å². The zero-order valence-corrected chi connectivity index (χ0v) is 14.6. The van der Waals surface area contributed by atoms with E-state index in [9.17, 15) is 4.79 Å². The van der Waals surface area contributed by atoms with E-state index in [0.29, 0.717) is 17.9 Å². The Morgan fingerprint density at radius 2 is 2.21 bits per heavy atom. The molecular weight excluding hydrogens is 304 g/mol. The van der Waals surface area contributed by atoms with Crippen molar-refractivity contribution in [1.82, 2.24) is 20.1 Å². The van der Waals surface area contributed by atoms with Gasteiger partial charge < -0.3 is 10.4 Å². The van der Waals surface area contributed by atoms with E-state index >= 15 is 0 Å². The van der Waals surface area contributed by atoms with Gasteiger partial charge in [0.1, 0.15) is 0 Å². The molecule has 1 fully saturated rings. The van der Waals surface area contributed by atoms with E-state index in [1.807, 2.05) is 17.7 Å². The molecule has 130 valence electrons. The van der Waals surface area contributed by atoms with Crippen LogP contribution in [0.15, 0.2) is 12.3 Å². The number of aliphatic hydroxyl groups excluding tert-OH is 1. The van der Waals surface area contributed by atoms with Crippen LogP contribution in [0.25, 0.3) is 11.0 Å². The van der Waals surface area contributed by atoms with Crippen molar-refractivity contribution in [2.24, 2.45) is 0 Å². The maximum Gasteiger partial charge on any atom is 0.252 e. The molecular formula is C18H26N4O2. The molecule has 2 heterocycles. The molecule has 1 aliphatic carbocycles. The molecule has 24 heavy (non-hydrogen) atoms. The molecule has 1 atom stereocenters. The van der Waals surface area contributed by atoms with Crippen LogP contribution in [0.5, 0.6) is 0 Å². The zero-order chi connectivity index (χ0) is 17.3. The molecule has 0 radical (unpaired) electrons. The van der Waals surface area contributed by atoms with E-state index in [4.69, 9.17) is 10.1 Å². The van der Waals surface area contributed by atoms with Gasteiger partial charge in [0.15, 0.2) is 5.65 Å². The van der Waals surface area contributed by atoms with Gasteiger partial charge in [-0.05, 0) is 45.6 Å². The normalized spacial score (nSPS) is 15.9. The van der Waals surface area contributed by atoms with Crippen molar-refractivity contribution in [1.29, 1.82) is 0 Å². The third kappa shape index (κ3) is 3.29. The van der Waals surface area contributed by atoms with Gasteiger partial charge in [-0.1, -0.05) is 6.92 Å². The Balaban J connectivity index is 2.00. The quantitative estimate of drug-likeness (QED) is 0.818. The molecule has 0 bridgehead atoms. The Kier molecular flexibility index (Phi) is 4.85. The van der Waals surface area contributed by atoms with Crippen molar-refractivity contribution < 1.29 is 9.90 Å². The Bertz CT molecular complexity index is 734. The van der Waals surface area contributed by atoms with Crippen molar-refractivity contribution in [3.8, 4) is 0 Å². The smallest absolute Gasteiger partial charge is 0.252 e. The number of hydrogen-bond donors (Lipinski definition) is 2. The Morgan fingerprint density at radius 1 is 1.46 bits per heavy atom. The van der Waals surface area contributed by atoms with E-state index in [0.717, 1.165) is 36.0 Å². The molecule has 2 aromatic heterocycles. The fourth-order valence-corrected chi connectivity index (χ4v) is 2.99. The molecule has 6 nitrogen and oxygen atoms in total. The van der Waals surface area contributed by atoms with Crippen molar-refractivity contribution in [2.45, 2.75) is 64.5 Å². The minimum atomic E-state index is -0.104. The molecule has 0 aliphatic heterocycles. The first-order valence-corrected chi connectivity index (χ1v) is 8.85. The lowest BCUT2D eigenvalue weighted by Gasteiger charge is -2.16. The van der Waals surface area contributed by atoms with Crippen LogP contribution in [0.4, 0.5) is 0 Å². The minimum absolute atomic E-state index is 0.0183. The zero-order valence-electron chi connectivity index (χ0n) is 14.6. The number of nitrogens with zero attached hydrogens (tertiary/aromatic N) is 3. The summed E-state index contributed by atoms with van der Waals surface area (Å²) in [7, 11) is 0. The second-order valence-electron chi connectivity index (χ2n) is 6.88. The minimum Gasteiger partial charge on any atom is -0.396 e. The monoisotopic (exact) mass is 330 g/mol. The fourth-order valence-electron chi connectivity index (χ4n) is 2.99. The Hall–Kier alpha value is -1.95. The summed E-state index contributed by atoms with van der Waals surface area (Å²) in [5.74, 6) is 0.365. The van der Waals surface area contributed by atoms with Crippen LogP contribution in [0.3, 0.4) is 0 Å². The van der Waals surface area contributed by atoms with Crippen molar-refractivity contribution in [3.63, 3.8) is 0 Å². The molecule has 1 aliphatic rings. The first kappa shape index (κ1) is 16.9. The number of amides is 1. The number of hydrogen-bond acceptors (Lipinski definition) is 4. The van der Waals surface area contributed by atoms with E-state index in [2.05, 4.69) is 24.3 Å². The Morgan fingerprint density at radius 3 is 2.79 bits per heavy atom. The highest BCUT2D eigenvalue weighted by atomic mass is 16.3. The van der Waals surface area contributed by atoms with Crippen molar-refractivity contribution in [2.75, 3.05) is 6.61 Å². The number of rotatable bonds is 7. The maximum atomic E-state index is 12.8. The number of aliphatic hydroxyl groups is 1. The topological polar surface area (TPSA) is 80.0 Å². The molecule has 2 aromatic rings. The summed E-state index contributed by atoms with van der Waals surface area (Å²) in [6.07, 6.45) is 5.37. The first-order valence-electron chi connectivity index (χ1n) is 8.85. The van der Waals surface area contributed by atoms with Gasteiger partial charge in [0.25, 0.3) is 5.91 Å². The van der Waals surface area contributed by atoms with Crippen LogP contribution < -0.4 is 5.32 Å². The van der Waals surface area contributed by atoms with Gasteiger partial charge in [-0.2, -0.15) is 5.10 Å². The van der Waals surface area contributed by atoms with E-state index in [-0.39, 0.29) is 24.6 Å². The number of fused-ring (bicyclic) bond motifs is 1. The maximum absolute atomic E-state index is 12.8. The lowest BCUT2D eigenvalue weighted by Crippen LogP contribution is -2.35. The molecule has 2 N–H and O–H groups in total. The predicted molar refractivity (Wildman–Crippen MR) is 93.1 cm³/mol. The molecule has 1 amide bonds. The van der Waals surface area contributed by atoms with Crippen LogP contribution in [0, 0.1) is 0 Å². The summed E-state index contributed by atoms with van der Waals surface area (Å²) in [4.78, 5) is 17.6. The molecule has 6 heteroatoms. The van der Waals surface area contributed by atoms with Gasteiger partial charge in [-0.25, -0.2) is 9.67 Å². The van der Waals surface area contributed by atoms with E-state index in [1.54, 1.807) is 6.20 Å². The highest BCUT2D eigenvalue weighted by molar-refractivity contribution is 6.05. The van der Waals surface area contributed by atoms with Crippen molar-refractivity contribution in [3.05, 3.63) is 23.5 Å². The number of nitrogens with one attached hydrogen (secondary N) is 1. The number of aromatic nitrogens is 3. The average molecular weight is 330 g/mol. The standard InChI is InChI=1S/C18H26N4O2/c1-4-13(7-8-23)20-18(24)14-9-16(12-5-6-12)21-17-15(14)10-19-22(17)11(2)3/h9-13,23H,4-8H2,1-3H3,(H,20,24). The van der Waals surface area contributed by atoms with Gasteiger partial charge in [0.2, 0.25) is 0 Å². The Labute approximate surface area is 142 Å². The average Bonchev–Trinajstić information content (AvgIpc) is 3.32. The number of pyridine rings is 1. The molecule has 0 spiro atoms. The molecule has 0 saturated heterocycles. The van der Waals surface area contributed by atoms with Crippen LogP contribution in [-0.2, 0) is 0 Å². The number of carbonyl (C=O) groups excluding carboxylic acids is 1. The summed E-state index contributed by atoms with van der Waals surface area (Å²) in [6.45, 7) is 6.20. The SMILES string of the molecule is CCC(CCO)NC(=O)c1cc(C2CC2)nc2c1cnn2C(C)C. The molecule has 0 aromatic carbocycles. The van der Waals surface area contributed by atoms with Gasteiger partial charge in [0, 0.05) is 30.3 Å². The summed E-state index contributed by atoms with van der Waals surface area (Å²) in [6, 6.07) is 2.10. The van der Waals surface area contributed by atoms with Crippen LogP contribution in [-0.4, -0.2) is 38.4 Å². The lowest BCUT2D eigenvalue weighted by molar-refractivity contribution is 0.0930. The van der Waals surface area contributed by atoms with E-state index < -0.39 is 0 Å². The summed E-state index contributed by atoms with van der Waals surface area (Å²) in [5, 5.41) is 17.4. The highest BCUT2D eigenvalue weighted by Gasteiger charge is 2.28. The van der Waals surface area contributed by atoms with Gasteiger partial charge in [-0.15, -0.1) is 0 Å². The summed E-state index contributed by atoms with van der Waals surface area (Å²) >= 11 is 0. The third-order valence-corrected chi connectivity index (χ3v) is 4.62. The van der Waals surface area contributed by atoms with Crippen molar-refractivity contribution >= 4 is 16.9 Å². The molecule has 3 rings (SSSR count). The highest BCUT2D eigenvalue weighted by Crippen LogP contribution is 2.40. The largest absolute Gasteiger partial charge is 0.396 e. The summed E-state index contributed by atoms with van der Waals surface area (Å²) in [5.41, 5.74) is 2.42. The third-order valence-electron chi connectivity index (χ3n) is 4.62. The van der Waals surface area contributed by atoms with E-state index in [1.165, 1.54) is 0 Å².